The molecule has 4 rings (SSSR count). The van der Waals surface area contributed by atoms with E-state index in [4.69, 9.17) is 4.52 Å². The number of carbonyl (C=O) groups excluding carboxylic acids is 1. The highest BCUT2D eigenvalue weighted by Gasteiger charge is 2.50. The van der Waals surface area contributed by atoms with Crippen molar-refractivity contribution in [2.45, 2.75) is 43.6 Å². The van der Waals surface area contributed by atoms with E-state index in [1.54, 1.807) is 0 Å². The predicted molar refractivity (Wildman–Crippen MR) is 80.4 cm³/mol. The molecule has 0 bridgehead atoms. The molecule has 2 aliphatic rings. The van der Waals surface area contributed by atoms with Gasteiger partial charge < -0.3 is 9.42 Å². The molecule has 0 radical (unpaired) electrons. The lowest BCUT2D eigenvalue weighted by molar-refractivity contribution is -0.133. The summed E-state index contributed by atoms with van der Waals surface area (Å²) in [6.45, 7) is -0.682. The normalized spacial score (nSPS) is 22.4. The van der Waals surface area contributed by atoms with Crippen LogP contribution in [0.1, 0.15) is 48.5 Å². The molecule has 1 saturated carbocycles. The number of aromatic nitrogens is 2. The molecule has 2 aromatic rings. The zero-order chi connectivity index (χ0) is 17.6. The Morgan fingerprint density at radius 2 is 2.00 bits per heavy atom. The number of nitrogens with zero attached hydrogens (tertiary/aromatic N) is 3. The van der Waals surface area contributed by atoms with E-state index < -0.39 is 36.7 Å². The van der Waals surface area contributed by atoms with Gasteiger partial charge in [-0.2, -0.15) is 4.98 Å². The van der Waals surface area contributed by atoms with Gasteiger partial charge in [0.15, 0.2) is 5.82 Å². The number of amides is 1. The number of alkyl halides is 2. The van der Waals surface area contributed by atoms with Crippen molar-refractivity contribution in [3.8, 4) is 0 Å². The zero-order valence-corrected chi connectivity index (χ0v) is 13.3. The molecule has 2 heterocycles. The van der Waals surface area contributed by atoms with Crippen molar-refractivity contribution in [3.05, 3.63) is 47.4 Å². The highest BCUT2D eigenvalue weighted by molar-refractivity contribution is 5.79. The first-order chi connectivity index (χ1) is 11.9. The summed E-state index contributed by atoms with van der Waals surface area (Å²) in [6.07, 6.45) is 1.31. The van der Waals surface area contributed by atoms with Gasteiger partial charge in [-0.25, -0.2) is 13.2 Å². The fraction of sp³-hybridized carbons (Fsp3) is 0.471. The SMILES string of the molecule is O=C(Cc1ccc(F)cc1)N1CC(F)(F)C[C@H]1c1nc(C2CC2)no1. The minimum absolute atomic E-state index is 0.0616. The molecule has 0 N–H and O–H groups in total. The molecule has 1 saturated heterocycles. The van der Waals surface area contributed by atoms with Gasteiger partial charge in [0.1, 0.15) is 11.9 Å². The van der Waals surface area contributed by atoms with Crippen molar-refractivity contribution in [2.24, 2.45) is 0 Å². The lowest BCUT2D eigenvalue weighted by Crippen LogP contribution is -2.34. The molecule has 5 nitrogen and oxygen atoms in total. The molecule has 1 aromatic carbocycles. The maximum Gasteiger partial charge on any atom is 0.267 e. The van der Waals surface area contributed by atoms with Crippen molar-refractivity contribution < 1.29 is 22.5 Å². The lowest BCUT2D eigenvalue weighted by Gasteiger charge is -2.21. The quantitative estimate of drug-likeness (QED) is 0.849. The van der Waals surface area contributed by atoms with Gasteiger partial charge >= 0.3 is 0 Å². The molecule has 1 amide bonds. The van der Waals surface area contributed by atoms with E-state index in [0.717, 1.165) is 17.7 Å². The summed E-state index contributed by atoms with van der Waals surface area (Å²) >= 11 is 0. The third kappa shape index (κ3) is 3.38. The molecule has 8 heteroatoms. The van der Waals surface area contributed by atoms with Crippen LogP contribution in [-0.4, -0.2) is 33.4 Å². The maximum absolute atomic E-state index is 13.9. The van der Waals surface area contributed by atoms with E-state index >= 15 is 0 Å². The van der Waals surface area contributed by atoms with Gasteiger partial charge in [-0.1, -0.05) is 17.3 Å². The average Bonchev–Trinajstić information content (AvgIpc) is 3.20. The van der Waals surface area contributed by atoms with Crippen LogP contribution in [0.5, 0.6) is 0 Å². The number of carbonyl (C=O) groups is 1. The summed E-state index contributed by atoms with van der Waals surface area (Å²) in [7, 11) is 0. The lowest BCUT2D eigenvalue weighted by atomic mass is 10.1. The molecule has 1 aliphatic carbocycles. The summed E-state index contributed by atoms with van der Waals surface area (Å²) in [5.74, 6) is -3.07. The van der Waals surface area contributed by atoms with E-state index in [9.17, 15) is 18.0 Å². The second-order valence-corrected chi connectivity index (χ2v) is 6.67. The largest absolute Gasteiger partial charge is 0.337 e. The van der Waals surface area contributed by atoms with Crippen LogP contribution in [0.25, 0.3) is 0 Å². The fourth-order valence-corrected chi connectivity index (χ4v) is 3.07. The predicted octanol–water partition coefficient (Wildman–Crippen LogP) is 3.24. The van der Waals surface area contributed by atoms with Crippen LogP contribution in [0.4, 0.5) is 13.2 Å². The van der Waals surface area contributed by atoms with Crippen LogP contribution < -0.4 is 0 Å². The van der Waals surface area contributed by atoms with E-state index in [1.165, 1.54) is 24.3 Å². The molecule has 0 spiro atoms. The molecule has 25 heavy (non-hydrogen) atoms. The first-order valence-corrected chi connectivity index (χ1v) is 8.16. The number of hydrogen-bond donors (Lipinski definition) is 0. The number of halogens is 3. The van der Waals surface area contributed by atoms with Gasteiger partial charge in [0, 0.05) is 12.3 Å². The minimum atomic E-state index is -3.00. The maximum atomic E-state index is 13.9. The highest BCUT2D eigenvalue weighted by atomic mass is 19.3. The molecule has 2 fully saturated rings. The van der Waals surface area contributed by atoms with Crippen LogP contribution in [-0.2, 0) is 11.2 Å². The molecule has 0 unspecified atom stereocenters. The number of hydrogen-bond acceptors (Lipinski definition) is 4. The second kappa shape index (κ2) is 5.86. The van der Waals surface area contributed by atoms with Crippen LogP contribution in [0.15, 0.2) is 28.8 Å². The Labute approximate surface area is 141 Å². The monoisotopic (exact) mass is 351 g/mol. The van der Waals surface area contributed by atoms with Crippen LogP contribution in [0.2, 0.25) is 0 Å². The molecule has 132 valence electrons. The Hall–Kier alpha value is -2.38. The fourth-order valence-electron chi connectivity index (χ4n) is 3.07. The Kier molecular flexibility index (Phi) is 3.77. The van der Waals surface area contributed by atoms with E-state index in [-0.39, 0.29) is 18.2 Å². The summed E-state index contributed by atoms with van der Waals surface area (Å²) < 4.78 is 46.0. The van der Waals surface area contributed by atoms with Crippen molar-refractivity contribution in [2.75, 3.05) is 6.54 Å². The third-order valence-corrected chi connectivity index (χ3v) is 4.54. The Balaban J connectivity index is 1.54. The first-order valence-electron chi connectivity index (χ1n) is 8.16. The summed E-state index contributed by atoms with van der Waals surface area (Å²) in [5, 5.41) is 3.85. The number of likely N-dealkylation sites (tertiary alicyclic amines) is 1. The summed E-state index contributed by atoms with van der Waals surface area (Å²) in [5.41, 5.74) is 0.560. The van der Waals surface area contributed by atoms with Crippen LogP contribution >= 0.6 is 0 Å². The average molecular weight is 351 g/mol. The van der Waals surface area contributed by atoms with E-state index in [1.807, 2.05) is 0 Å². The Bertz CT molecular complexity index is 787. The molecule has 1 aromatic heterocycles. The minimum Gasteiger partial charge on any atom is -0.337 e. The highest BCUT2D eigenvalue weighted by Crippen LogP contribution is 2.43. The smallest absolute Gasteiger partial charge is 0.267 e. The van der Waals surface area contributed by atoms with E-state index in [0.29, 0.717) is 11.4 Å². The van der Waals surface area contributed by atoms with Gasteiger partial charge in [-0.3, -0.25) is 4.79 Å². The third-order valence-electron chi connectivity index (χ3n) is 4.54. The molecule has 1 aliphatic heterocycles. The number of benzene rings is 1. The van der Waals surface area contributed by atoms with Gasteiger partial charge in [-0.15, -0.1) is 0 Å². The summed E-state index contributed by atoms with van der Waals surface area (Å²) in [6, 6.07) is 4.47. The molecule has 1 atom stereocenters. The van der Waals surface area contributed by atoms with Gasteiger partial charge in [-0.05, 0) is 30.5 Å². The van der Waals surface area contributed by atoms with Crippen LogP contribution in [0, 0.1) is 5.82 Å². The van der Waals surface area contributed by atoms with Crippen molar-refractivity contribution in [1.82, 2.24) is 15.0 Å². The van der Waals surface area contributed by atoms with Crippen molar-refractivity contribution in [1.29, 1.82) is 0 Å². The van der Waals surface area contributed by atoms with E-state index in [2.05, 4.69) is 10.1 Å². The Morgan fingerprint density at radius 3 is 2.68 bits per heavy atom. The van der Waals surface area contributed by atoms with Crippen LogP contribution in [0.3, 0.4) is 0 Å². The van der Waals surface area contributed by atoms with Crippen molar-refractivity contribution >= 4 is 5.91 Å². The molecular formula is C17H16F3N3O2. The zero-order valence-electron chi connectivity index (χ0n) is 13.3. The van der Waals surface area contributed by atoms with Gasteiger partial charge in [0.05, 0.1) is 13.0 Å². The second-order valence-electron chi connectivity index (χ2n) is 6.67. The summed E-state index contributed by atoms with van der Waals surface area (Å²) in [4.78, 5) is 17.8. The van der Waals surface area contributed by atoms with Crippen molar-refractivity contribution in [3.63, 3.8) is 0 Å². The van der Waals surface area contributed by atoms with Gasteiger partial charge in [0.25, 0.3) is 5.92 Å². The number of rotatable bonds is 4. The first kappa shape index (κ1) is 16.1. The topological polar surface area (TPSA) is 59.2 Å². The van der Waals surface area contributed by atoms with Gasteiger partial charge in [0.2, 0.25) is 11.8 Å². The standard InChI is InChI=1S/C17H16F3N3O2/c18-12-5-1-10(2-6-12)7-14(24)23-9-17(19,20)8-13(23)16-21-15(22-25-16)11-3-4-11/h1-2,5-6,11,13H,3-4,7-9H2/t13-/m0/s1. The Morgan fingerprint density at radius 1 is 1.28 bits per heavy atom. The molecular weight excluding hydrogens is 335 g/mol.